The van der Waals surface area contributed by atoms with Crippen molar-refractivity contribution in [1.29, 1.82) is 0 Å². The van der Waals surface area contributed by atoms with Gasteiger partial charge in [0.2, 0.25) is 0 Å². The van der Waals surface area contributed by atoms with Gasteiger partial charge in [0, 0.05) is 0 Å². The van der Waals surface area contributed by atoms with Gasteiger partial charge in [-0.15, -0.1) is 0 Å². The van der Waals surface area contributed by atoms with Crippen LogP contribution in [0.1, 0.15) is 26.7 Å². The van der Waals surface area contributed by atoms with Crippen molar-refractivity contribution in [2.75, 3.05) is 6.61 Å². The van der Waals surface area contributed by atoms with Crippen LogP contribution in [0, 0.1) is 5.92 Å². The highest BCUT2D eigenvalue weighted by molar-refractivity contribution is 5.68. The molecule has 1 aliphatic rings. The Kier molecular flexibility index (Phi) is 4.56. The van der Waals surface area contributed by atoms with Gasteiger partial charge in [0.15, 0.2) is 0 Å². The second-order valence-corrected chi connectivity index (χ2v) is 4.22. The van der Waals surface area contributed by atoms with E-state index in [2.05, 4.69) is 19.9 Å². The number of ether oxygens (including phenoxy) is 1. The molecular formula is C12H18O3. The predicted molar refractivity (Wildman–Crippen MR) is 58.7 cm³/mol. The molecular weight excluding hydrogens is 192 g/mol. The molecule has 1 atom stereocenters. The lowest BCUT2D eigenvalue weighted by Gasteiger charge is -2.16. The summed E-state index contributed by atoms with van der Waals surface area (Å²) in [6.45, 7) is 4.14. The van der Waals surface area contributed by atoms with E-state index in [1.807, 2.05) is 12.2 Å². The van der Waals surface area contributed by atoms with E-state index >= 15 is 0 Å². The van der Waals surface area contributed by atoms with Crippen molar-refractivity contribution >= 4 is 5.97 Å². The van der Waals surface area contributed by atoms with Crippen LogP contribution in [-0.2, 0) is 9.53 Å². The lowest BCUT2D eigenvalue weighted by molar-refractivity contribution is -0.143. The van der Waals surface area contributed by atoms with Crippen molar-refractivity contribution in [3.63, 3.8) is 0 Å². The van der Waals surface area contributed by atoms with Gasteiger partial charge in [-0.2, -0.15) is 0 Å². The fourth-order valence-corrected chi connectivity index (χ4v) is 1.57. The van der Waals surface area contributed by atoms with Crippen LogP contribution in [0.2, 0.25) is 0 Å². The third-order valence-electron chi connectivity index (χ3n) is 2.20. The average molecular weight is 210 g/mol. The van der Waals surface area contributed by atoms with Crippen LogP contribution in [0.4, 0.5) is 0 Å². The molecule has 0 heterocycles. The lowest BCUT2D eigenvalue weighted by atomic mass is 9.97. The van der Waals surface area contributed by atoms with Crippen LogP contribution < -0.4 is 0 Å². The van der Waals surface area contributed by atoms with Crippen molar-refractivity contribution < 1.29 is 14.6 Å². The monoisotopic (exact) mass is 210 g/mol. The third-order valence-corrected chi connectivity index (χ3v) is 2.20. The highest BCUT2D eigenvalue weighted by atomic mass is 16.5. The number of carbonyl (C=O) groups is 1. The molecule has 1 aliphatic carbocycles. The minimum Gasteiger partial charge on any atom is -0.480 e. The Balaban J connectivity index is 2.32. The first kappa shape index (κ1) is 12.0. The first-order chi connectivity index (χ1) is 7.08. The van der Waals surface area contributed by atoms with Gasteiger partial charge in [-0.1, -0.05) is 37.6 Å². The molecule has 0 aromatic rings. The topological polar surface area (TPSA) is 46.5 Å². The van der Waals surface area contributed by atoms with E-state index < -0.39 is 5.97 Å². The number of allylic oxidation sites excluding steroid dienone is 2. The number of carboxylic acid groups (broad SMARTS) is 1. The van der Waals surface area contributed by atoms with Gasteiger partial charge in [-0.3, -0.25) is 0 Å². The standard InChI is InChI=1S/C12H18O3/c1-9(2)7-10-3-5-11(6-4-10)15-8-12(13)14/h3-5,9,11H,6-8H2,1-2H3,(H,13,14). The summed E-state index contributed by atoms with van der Waals surface area (Å²) in [5.41, 5.74) is 1.32. The second-order valence-electron chi connectivity index (χ2n) is 4.22. The maximum Gasteiger partial charge on any atom is 0.329 e. The van der Waals surface area contributed by atoms with Crippen molar-refractivity contribution in [3.05, 3.63) is 23.8 Å². The van der Waals surface area contributed by atoms with Gasteiger partial charge in [0.25, 0.3) is 0 Å². The molecule has 0 spiro atoms. The zero-order valence-corrected chi connectivity index (χ0v) is 9.27. The van der Waals surface area contributed by atoms with Crippen LogP contribution in [0.5, 0.6) is 0 Å². The average Bonchev–Trinajstić information content (AvgIpc) is 2.16. The van der Waals surface area contributed by atoms with Gasteiger partial charge in [-0.05, 0) is 18.8 Å². The van der Waals surface area contributed by atoms with Crippen molar-refractivity contribution in [2.45, 2.75) is 32.8 Å². The molecule has 0 aromatic carbocycles. The predicted octanol–water partition coefficient (Wildman–Crippen LogP) is 2.39. The fourth-order valence-electron chi connectivity index (χ4n) is 1.57. The van der Waals surface area contributed by atoms with E-state index in [9.17, 15) is 4.79 Å². The summed E-state index contributed by atoms with van der Waals surface area (Å²) in [4.78, 5) is 10.3. The summed E-state index contributed by atoms with van der Waals surface area (Å²) in [7, 11) is 0. The van der Waals surface area contributed by atoms with Crippen molar-refractivity contribution in [1.82, 2.24) is 0 Å². The van der Waals surface area contributed by atoms with E-state index in [-0.39, 0.29) is 12.7 Å². The summed E-state index contributed by atoms with van der Waals surface area (Å²) in [5.74, 6) is -0.266. The maximum absolute atomic E-state index is 10.3. The summed E-state index contributed by atoms with van der Waals surface area (Å²) in [6, 6.07) is 0. The largest absolute Gasteiger partial charge is 0.480 e. The minimum absolute atomic E-state index is 0.0722. The molecule has 0 radical (unpaired) electrons. The molecule has 1 unspecified atom stereocenters. The first-order valence-electron chi connectivity index (χ1n) is 5.28. The van der Waals surface area contributed by atoms with Crippen molar-refractivity contribution in [2.24, 2.45) is 5.92 Å². The summed E-state index contributed by atoms with van der Waals surface area (Å²) in [5, 5.41) is 8.45. The Labute approximate surface area is 90.4 Å². The molecule has 0 fully saturated rings. The molecule has 84 valence electrons. The summed E-state index contributed by atoms with van der Waals surface area (Å²) >= 11 is 0. The van der Waals surface area contributed by atoms with Crippen LogP contribution in [-0.4, -0.2) is 23.8 Å². The first-order valence-corrected chi connectivity index (χ1v) is 5.28. The molecule has 0 saturated heterocycles. The van der Waals surface area contributed by atoms with Crippen molar-refractivity contribution in [3.8, 4) is 0 Å². The number of rotatable bonds is 5. The van der Waals surface area contributed by atoms with Gasteiger partial charge >= 0.3 is 5.97 Å². The number of carboxylic acids is 1. The molecule has 0 saturated carbocycles. The molecule has 0 aromatic heterocycles. The van der Waals surface area contributed by atoms with Crippen LogP contribution in [0.25, 0.3) is 0 Å². The van der Waals surface area contributed by atoms with Gasteiger partial charge in [0.1, 0.15) is 6.61 Å². The lowest BCUT2D eigenvalue weighted by Crippen LogP contribution is -2.17. The van der Waals surface area contributed by atoms with E-state index in [0.717, 1.165) is 12.8 Å². The molecule has 0 aliphatic heterocycles. The van der Waals surface area contributed by atoms with Gasteiger partial charge in [-0.25, -0.2) is 4.79 Å². The van der Waals surface area contributed by atoms with E-state index in [0.29, 0.717) is 5.92 Å². The fraction of sp³-hybridized carbons (Fsp3) is 0.583. The molecule has 1 rings (SSSR count). The van der Waals surface area contributed by atoms with Crippen LogP contribution in [0.15, 0.2) is 23.8 Å². The van der Waals surface area contributed by atoms with Gasteiger partial charge < -0.3 is 9.84 Å². The third kappa shape index (κ3) is 4.79. The molecule has 0 amide bonds. The Morgan fingerprint density at radius 3 is 2.87 bits per heavy atom. The smallest absolute Gasteiger partial charge is 0.329 e. The van der Waals surface area contributed by atoms with Crippen LogP contribution in [0.3, 0.4) is 0 Å². The highest BCUT2D eigenvalue weighted by Crippen LogP contribution is 2.19. The number of hydrogen-bond acceptors (Lipinski definition) is 2. The number of hydrogen-bond donors (Lipinski definition) is 1. The van der Waals surface area contributed by atoms with Gasteiger partial charge in [0.05, 0.1) is 6.10 Å². The SMILES string of the molecule is CC(C)CC1=CCC(OCC(=O)O)C=C1. The Hall–Kier alpha value is -1.09. The van der Waals surface area contributed by atoms with E-state index in [1.165, 1.54) is 5.57 Å². The Morgan fingerprint density at radius 2 is 2.40 bits per heavy atom. The molecule has 3 heteroatoms. The zero-order chi connectivity index (χ0) is 11.3. The number of aliphatic carboxylic acids is 1. The Bertz CT molecular complexity index is 277. The molecule has 3 nitrogen and oxygen atoms in total. The highest BCUT2D eigenvalue weighted by Gasteiger charge is 2.11. The maximum atomic E-state index is 10.3. The Morgan fingerprint density at radius 1 is 1.67 bits per heavy atom. The normalized spacial score (nSPS) is 20.5. The quantitative estimate of drug-likeness (QED) is 0.757. The van der Waals surface area contributed by atoms with Crippen LogP contribution >= 0.6 is 0 Å². The molecule has 0 bridgehead atoms. The second kappa shape index (κ2) is 5.71. The zero-order valence-electron chi connectivity index (χ0n) is 9.27. The molecule has 1 N–H and O–H groups in total. The van der Waals surface area contributed by atoms with E-state index in [4.69, 9.17) is 9.84 Å². The minimum atomic E-state index is -0.916. The summed E-state index contributed by atoms with van der Waals surface area (Å²) in [6.07, 6.45) is 7.90. The van der Waals surface area contributed by atoms with E-state index in [1.54, 1.807) is 0 Å². The molecule has 15 heavy (non-hydrogen) atoms. The summed E-state index contributed by atoms with van der Waals surface area (Å²) < 4.78 is 5.17.